The van der Waals surface area contributed by atoms with E-state index in [0.717, 1.165) is 51.7 Å². The van der Waals surface area contributed by atoms with E-state index in [-0.39, 0.29) is 44.6 Å². The predicted molar refractivity (Wildman–Crippen MR) is 241 cm³/mol. The lowest BCUT2D eigenvalue weighted by atomic mass is 10.1. The molecule has 0 saturated heterocycles. The number of likely N-dealkylation sites (N-methyl/N-ethyl adjacent to an activating group) is 2. The van der Waals surface area contributed by atoms with Crippen LogP contribution < -0.4 is 32.7 Å². The lowest BCUT2D eigenvalue weighted by Gasteiger charge is -2.11. The van der Waals surface area contributed by atoms with Crippen molar-refractivity contribution in [1.82, 2.24) is 21.3 Å². The highest BCUT2D eigenvalue weighted by Gasteiger charge is 2.12. The van der Waals surface area contributed by atoms with Crippen molar-refractivity contribution in [3.05, 3.63) is 71.8 Å². The molecular formula is C44H88N6O6. The smallest absolute Gasteiger partial charge is 0.251 e. The van der Waals surface area contributed by atoms with Gasteiger partial charge >= 0.3 is 0 Å². The van der Waals surface area contributed by atoms with E-state index in [1.54, 1.807) is 52.6 Å². The summed E-state index contributed by atoms with van der Waals surface area (Å²) < 4.78 is 9.38. The van der Waals surface area contributed by atoms with Crippen LogP contribution in [0.3, 0.4) is 0 Å². The lowest BCUT2D eigenvalue weighted by Crippen LogP contribution is -2.39. The van der Waals surface area contributed by atoms with Crippen LogP contribution in [0.15, 0.2) is 60.7 Å². The maximum atomic E-state index is 11.7. The van der Waals surface area contributed by atoms with Crippen LogP contribution in [0.2, 0.25) is 0 Å². The molecule has 0 saturated carbocycles. The fourth-order valence-corrected chi connectivity index (χ4v) is 4.00. The van der Waals surface area contributed by atoms with Gasteiger partial charge in [-0.05, 0) is 89.7 Å². The van der Waals surface area contributed by atoms with Crippen LogP contribution in [0, 0.1) is 0 Å². The molecule has 2 atom stereocenters. The van der Waals surface area contributed by atoms with Crippen molar-refractivity contribution in [2.75, 3.05) is 54.6 Å². The van der Waals surface area contributed by atoms with Gasteiger partial charge in [0, 0.05) is 53.1 Å². The fraction of sp³-hybridized carbons (Fsp3) is 0.636. The number of nitrogens with one attached hydrogen (secondary N) is 4. The lowest BCUT2D eigenvalue weighted by molar-refractivity contribution is -0.120. The Labute approximate surface area is 344 Å². The van der Waals surface area contributed by atoms with Crippen LogP contribution >= 0.6 is 0 Å². The summed E-state index contributed by atoms with van der Waals surface area (Å²) in [4.78, 5) is 45.4. The van der Waals surface area contributed by atoms with Crippen LogP contribution in [-0.4, -0.2) is 90.3 Å². The summed E-state index contributed by atoms with van der Waals surface area (Å²) in [5.74, 6) is -0.812. The summed E-state index contributed by atoms with van der Waals surface area (Å²) >= 11 is 0. The quantitative estimate of drug-likeness (QED) is 0.0734. The molecule has 12 nitrogen and oxygen atoms in total. The van der Waals surface area contributed by atoms with E-state index in [2.05, 4.69) is 49.0 Å². The molecule has 0 aliphatic heterocycles. The number of nitrogens with two attached hydrogens (primary N) is 2. The Morgan fingerprint density at radius 2 is 0.875 bits per heavy atom. The minimum absolute atomic E-state index is 0. The number of unbranched alkanes of at least 4 members (excludes halogenated alkanes) is 2. The normalized spacial score (nSPS) is 10.1. The summed E-state index contributed by atoms with van der Waals surface area (Å²) in [6, 6.07) is 17.6. The number of ether oxygens (including phenoxy) is 2. The maximum absolute atomic E-state index is 11.7. The number of carbonyl (C=O) groups excluding carboxylic acids is 4. The van der Waals surface area contributed by atoms with Crippen LogP contribution in [-0.2, 0) is 19.1 Å². The molecule has 56 heavy (non-hydrogen) atoms. The summed E-state index contributed by atoms with van der Waals surface area (Å²) in [6.07, 6.45) is 8.19. The number of hydrogen-bond donors (Lipinski definition) is 6. The Balaban J connectivity index is -0.000000123. The van der Waals surface area contributed by atoms with E-state index in [4.69, 9.17) is 20.9 Å². The second-order valence-electron chi connectivity index (χ2n) is 11.4. The highest BCUT2D eigenvalue weighted by molar-refractivity contribution is 5.94. The zero-order chi connectivity index (χ0) is 43.1. The van der Waals surface area contributed by atoms with Gasteiger partial charge in [0.15, 0.2) is 0 Å². The van der Waals surface area contributed by atoms with Gasteiger partial charge in [-0.15, -0.1) is 0 Å². The average Bonchev–Trinajstić information content (AvgIpc) is 3.21. The van der Waals surface area contributed by atoms with Crippen molar-refractivity contribution >= 4 is 23.6 Å². The second kappa shape index (κ2) is 53.3. The van der Waals surface area contributed by atoms with Crippen LogP contribution in [0.4, 0.5) is 0 Å². The second-order valence-corrected chi connectivity index (χ2v) is 11.4. The van der Waals surface area contributed by atoms with Gasteiger partial charge in [0.2, 0.25) is 11.8 Å². The van der Waals surface area contributed by atoms with Gasteiger partial charge < -0.3 is 42.2 Å². The third-order valence-corrected chi connectivity index (χ3v) is 6.68. The largest absolute Gasteiger partial charge is 0.385 e. The van der Waals surface area contributed by atoms with E-state index in [1.807, 2.05) is 64.1 Å². The molecule has 0 radical (unpaired) electrons. The molecule has 0 spiro atoms. The van der Waals surface area contributed by atoms with Gasteiger partial charge in [-0.3, -0.25) is 19.2 Å². The maximum Gasteiger partial charge on any atom is 0.251 e. The monoisotopic (exact) mass is 797 g/mol. The molecule has 12 heteroatoms. The summed E-state index contributed by atoms with van der Waals surface area (Å²) in [5.41, 5.74) is 11.7. The molecular weight excluding hydrogens is 709 g/mol. The molecule has 0 unspecified atom stereocenters. The Kier molecular flexibility index (Phi) is 60.9. The van der Waals surface area contributed by atoms with Gasteiger partial charge in [-0.25, -0.2) is 0 Å². The number of amides is 4. The first-order chi connectivity index (χ1) is 26.5. The molecule has 0 aromatic heterocycles. The molecule has 2 rings (SSSR count). The van der Waals surface area contributed by atoms with Crippen molar-refractivity contribution in [3.8, 4) is 0 Å². The third-order valence-electron chi connectivity index (χ3n) is 6.68. The topological polar surface area (TPSA) is 187 Å². The summed E-state index contributed by atoms with van der Waals surface area (Å²) in [6.45, 7) is 19.4. The van der Waals surface area contributed by atoms with Crippen molar-refractivity contribution in [3.63, 3.8) is 0 Å². The highest BCUT2D eigenvalue weighted by atomic mass is 16.5. The van der Waals surface area contributed by atoms with Crippen LogP contribution in [0.1, 0.15) is 143 Å². The van der Waals surface area contributed by atoms with Crippen LogP contribution in [0.25, 0.3) is 0 Å². The fourth-order valence-electron chi connectivity index (χ4n) is 4.00. The number of carbonyl (C=O) groups is 4. The SMILES string of the molecule is C.CC.CC.CCC.CCCOC.CCCOC.CN[C@@H](CCCCNC(=O)c1ccccc1)C(N)=O.CN[C@@H](CCCCNC(=O)c1ccccc1)C(N)=O.[HH]. The first-order valence-electron chi connectivity index (χ1n) is 20.1. The minimum atomic E-state index is -0.337. The van der Waals surface area contributed by atoms with Gasteiger partial charge in [0.1, 0.15) is 0 Å². The molecule has 0 heterocycles. The Morgan fingerprint density at radius 3 is 1.07 bits per heavy atom. The Bertz CT molecular complexity index is 1010. The zero-order valence-electron chi connectivity index (χ0n) is 36.7. The molecule has 2 aromatic carbocycles. The van der Waals surface area contributed by atoms with E-state index in [1.165, 1.54) is 6.42 Å². The van der Waals surface area contributed by atoms with Gasteiger partial charge in [-0.2, -0.15) is 0 Å². The molecule has 4 amide bonds. The molecule has 8 N–H and O–H groups in total. The number of primary amides is 2. The van der Waals surface area contributed by atoms with Crippen molar-refractivity contribution in [2.45, 2.75) is 133 Å². The molecule has 0 fully saturated rings. The van der Waals surface area contributed by atoms with E-state index < -0.39 is 0 Å². The average molecular weight is 797 g/mol. The van der Waals surface area contributed by atoms with E-state index in [9.17, 15) is 19.2 Å². The minimum Gasteiger partial charge on any atom is -0.385 e. The predicted octanol–water partition coefficient (Wildman–Crippen LogP) is 7.76. The molecule has 0 bridgehead atoms. The Hall–Kier alpha value is -3.84. The molecule has 330 valence electrons. The van der Waals surface area contributed by atoms with Gasteiger partial charge in [-0.1, -0.05) is 106 Å². The van der Waals surface area contributed by atoms with Gasteiger partial charge in [0.25, 0.3) is 11.8 Å². The van der Waals surface area contributed by atoms with Crippen molar-refractivity contribution in [1.29, 1.82) is 0 Å². The van der Waals surface area contributed by atoms with Crippen LogP contribution in [0.5, 0.6) is 0 Å². The molecule has 0 aliphatic rings. The van der Waals surface area contributed by atoms with Crippen molar-refractivity contribution < 1.29 is 30.1 Å². The molecule has 0 aliphatic carbocycles. The summed E-state index contributed by atoms with van der Waals surface area (Å²) in [5, 5.41) is 11.4. The number of hydrogen-bond acceptors (Lipinski definition) is 8. The first kappa shape index (κ1) is 64.1. The standard InChI is InChI=1S/2C14H21N3O2.2C4H10O.C3H8.2C2H6.CH4.H2/c2*1-16-12(13(15)18)9-5-6-10-17-14(19)11-7-3-2-4-8-11;2*1-3-4-5-2;1-3-2;2*1-2;;/h2*2-4,7-8,12,16H,5-6,9-10H2,1H3,(H2,15,18)(H,17,19);2*3-4H2,1-2H3;3H2,1-2H3;2*1-2H3;1H4;1H/t2*12-;;;;;;;/m00......./s1. The Morgan fingerprint density at radius 1 is 0.589 bits per heavy atom. The van der Waals surface area contributed by atoms with E-state index in [0.29, 0.717) is 37.1 Å². The number of benzene rings is 2. The number of rotatable bonds is 20. The number of methoxy groups -OCH3 is 2. The zero-order valence-corrected chi connectivity index (χ0v) is 36.7. The molecule has 2 aromatic rings. The summed E-state index contributed by atoms with van der Waals surface area (Å²) in [7, 11) is 6.85. The van der Waals surface area contributed by atoms with Crippen molar-refractivity contribution in [2.24, 2.45) is 11.5 Å². The first-order valence-corrected chi connectivity index (χ1v) is 20.1. The van der Waals surface area contributed by atoms with E-state index >= 15 is 0 Å². The highest BCUT2D eigenvalue weighted by Crippen LogP contribution is 2.03. The third kappa shape index (κ3) is 44.6. The van der Waals surface area contributed by atoms with Gasteiger partial charge in [0.05, 0.1) is 12.1 Å².